The summed E-state index contributed by atoms with van der Waals surface area (Å²) in [4.78, 5) is 24.2. The van der Waals surface area contributed by atoms with Crippen LogP contribution in [0.15, 0.2) is 24.3 Å². The lowest BCUT2D eigenvalue weighted by Crippen LogP contribution is -2.57. The highest BCUT2D eigenvalue weighted by molar-refractivity contribution is 5.86. The summed E-state index contributed by atoms with van der Waals surface area (Å²) in [6.45, 7) is 3.81. The van der Waals surface area contributed by atoms with Gasteiger partial charge < -0.3 is 10.1 Å². The molecule has 1 amide bonds. The molecule has 6 nitrogen and oxygen atoms in total. The maximum absolute atomic E-state index is 12.6. The normalized spacial score (nSPS) is 21.3. The Labute approximate surface area is 142 Å². The second kappa shape index (κ2) is 6.83. The van der Waals surface area contributed by atoms with Gasteiger partial charge in [0.1, 0.15) is 5.54 Å². The Morgan fingerprint density at radius 3 is 2.71 bits per heavy atom. The van der Waals surface area contributed by atoms with Crippen molar-refractivity contribution in [2.24, 2.45) is 0 Å². The Hall–Kier alpha value is -2.05. The van der Waals surface area contributed by atoms with Crippen LogP contribution in [0.25, 0.3) is 11.0 Å². The number of hydrogen-bond donors (Lipinski definition) is 1. The zero-order chi connectivity index (χ0) is 17.2. The lowest BCUT2D eigenvalue weighted by atomic mass is 9.95. The number of likely N-dealkylation sites (tertiary alicyclic amines) is 1. The highest BCUT2D eigenvalue weighted by atomic mass is 16.5. The molecule has 6 heteroatoms. The number of carbonyl (C=O) groups is 1. The lowest BCUT2D eigenvalue weighted by Gasteiger charge is -2.36. The SMILES string of the molecule is CNC(=O)C1(COC)CCCN1Cc1nc2ccccc2nc1C. The molecule has 0 spiro atoms. The molecule has 3 rings (SSSR count). The second-order valence-corrected chi connectivity index (χ2v) is 6.31. The van der Waals surface area contributed by atoms with Crippen molar-refractivity contribution in [3.05, 3.63) is 35.7 Å². The van der Waals surface area contributed by atoms with Gasteiger partial charge in [-0.2, -0.15) is 0 Å². The highest BCUT2D eigenvalue weighted by Gasteiger charge is 2.47. The van der Waals surface area contributed by atoms with Gasteiger partial charge >= 0.3 is 0 Å². The Bertz CT molecular complexity index is 749. The Kier molecular flexibility index (Phi) is 4.78. The van der Waals surface area contributed by atoms with Gasteiger partial charge in [0.25, 0.3) is 0 Å². The first-order chi connectivity index (χ1) is 11.6. The number of aryl methyl sites for hydroxylation is 1. The predicted molar refractivity (Wildman–Crippen MR) is 92.6 cm³/mol. The van der Waals surface area contributed by atoms with Crippen LogP contribution in [0, 0.1) is 6.92 Å². The van der Waals surface area contributed by atoms with Gasteiger partial charge in [0, 0.05) is 20.7 Å². The van der Waals surface area contributed by atoms with Gasteiger partial charge in [0.2, 0.25) is 5.91 Å². The predicted octanol–water partition coefficient (Wildman–Crippen LogP) is 1.67. The molecule has 1 saturated heterocycles. The molecule has 2 heterocycles. The number of aromatic nitrogens is 2. The van der Waals surface area contributed by atoms with Gasteiger partial charge in [0.05, 0.1) is 29.0 Å². The molecule has 0 saturated carbocycles. The number of amides is 1. The monoisotopic (exact) mass is 328 g/mol. The van der Waals surface area contributed by atoms with Gasteiger partial charge in [-0.15, -0.1) is 0 Å². The molecule has 1 aliphatic heterocycles. The van der Waals surface area contributed by atoms with Crippen molar-refractivity contribution < 1.29 is 9.53 Å². The molecule has 1 unspecified atom stereocenters. The number of fused-ring (bicyclic) bond motifs is 1. The van der Waals surface area contributed by atoms with Crippen LogP contribution in [0.2, 0.25) is 0 Å². The van der Waals surface area contributed by atoms with Crippen LogP contribution < -0.4 is 5.32 Å². The van der Waals surface area contributed by atoms with E-state index < -0.39 is 5.54 Å². The van der Waals surface area contributed by atoms with Crippen LogP contribution in [-0.4, -0.2) is 53.6 Å². The minimum Gasteiger partial charge on any atom is -0.382 e. The fourth-order valence-corrected chi connectivity index (χ4v) is 3.58. The van der Waals surface area contributed by atoms with Crippen LogP contribution in [0.3, 0.4) is 0 Å². The van der Waals surface area contributed by atoms with E-state index >= 15 is 0 Å². The minimum absolute atomic E-state index is 0.00764. The third kappa shape index (κ3) is 2.87. The molecule has 128 valence electrons. The van der Waals surface area contributed by atoms with E-state index in [1.165, 1.54) is 0 Å². The number of methoxy groups -OCH3 is 1. The number of nitrogens with zero attached hydrogens (tertiary/aromatic N) is 3. The highest BCUT2D eigenvalue weighted by Crippen LogP contribution is 2.32. The largest absolute Gasteiger partial charge is 0.382 e. The van der Waals surface area contributed by atoms with E-state index in [0.29, 0.717) is 13.2 Å². The van der Waals surface area contributed by atoms with E-state index in [1.807, 2.05) is 31.2 Å². The van der Waals surface area contributed by atoms with Crippen LogP contribution in [0.5, 0.6) is 0 Å². The molecule has 0 radical (unpaired) electrons. The lowest BCUT2D eigenvalue weighted by molar-refractivity contribution is -0.135. The molecule has 2 aromatic rings. The van der Waals surface area contributed by atoms with Gasteiger partial charge in [-0.25, -0.2) is 9.97 Å². The molecule has 1 aromatic carbocycles. The summed E-state index contributed by atoms with van der Waals surface area (Å²) in [5, 5.41) is 2.80. The average Bonchev–Trinajstić information content (AvgIpc) is 2.98. The first-order valence-corrected chi connectivity index (χ1v) is 8.29. The van der Waals surface area contributed by atoms with Crippen LogP contribution in [0.4, 0.5) is 0 Å². The summed E-state index contributed by atoms with van der Waals surface area (Å²) in [5.74, 6) is 0.00764. The molecule has 0 aliphatic carbocycles. The number of hydrogen-bond acceptors (Lipinski definition) is 5. The van der Waals surface area contributed by atoms with Crippen molar-refractivity contribution in [1.82, 2.24) is 20.2 Å². The molecule has 24 heavy (non-hydrogen) atoms. The van der Waals surface area contributed by atoms with Crippen LogP contribution in [-0.2, 0) is 16.1 Å². The number of para-hydroxylation sites is 2. The average molecular weight is 328 g/mol. The second-order valence-electron chi connectivity index (χ2n) is 6.31. The molecule has 1 atom stereocenters. The third-order valence-electron chi connectivity index (χ3n) is 4.84. The van der Waals surface area contributed by atoms with E-state index in [4.69, 9.17) is 9.72 Å². The van der Waals surface area contributed by atoms with Gasteiger partial charge in [0.15, 0.2) is 0 Å². The number of ether oxygens (including phenoxy) is 1. The molecule has 1 aromatic heterocycles. The maximum atomic E-state index is 12.6. The number of nitrogens with one attached hydrogen (secondary N) is 1. The Balaban J connectivity index is 1.94. The van der Waals surface area contributed by atoms with Crippen molar-refractivity contribution in [2.75, 3.05) is 27.3 Å². The van der Waals surface area contributed by atoms with Gasteiger partial charge in [-0.05, 0) is 38.4 Å². The number of benzene rings is 1. The molecular weight excluding hydrogens is 304 g/mol. The van der Waals surface area contributed by atoms with Crippen LogP contribution in [0.1, 0.15) is 24.2 Å². The molecule has 1 fully saturated rings. The van der Waals surface area contributed by atoms with Crippen molar-refractivity contribution >= 4 is 16.9 Å². The smallest absolute Gasteiger partial charge is 0.242 e. The fraction of sp³-hybridized carbons (Fsp3) is 0.500. The quantitative estimate of drug-likeness (QED) is 0.904. The molecule has 1 aliphatic rings. The summed E-state index contributed by atoms with van der Waals surface area (Å²) in [6.07, 6.45) is 1.76. The zero-order valence-electron chi connectivity index (χ0n) is 14.5. The van der Waals surface area contributed by atoms with E-state index in [1.54, 1.807) is 14.2 Å². The van der Waals surface area contributed by atoms with E-state index in [0.717, 1.165) is 41.8 Å². The standard InChI is InChI=1S/C18H24N4O2/c1-13-16(21-15-8-5-4-7-14(15)20-13)11-22-10-6-9-18(22,12-24-3)17(23)19-2/h4-5,7-8H,6,9-12H2,1-3H3,(H,19,23). The van der Waals surface area contributed by atoms with E-state index in [2.05, 4.69) is 15.2 Å². The zero-order valence-corrected chi connectivity index (χ0v) is 14.5. The summed E-state index contributed by atoms with van der Waals surface area (Å²) in [7, 11) is 3.32. The first kappa shape index (κ1) is 16.8. The van der Waals surface area contributed by atoms with Crippen molar-refractivity contribution in [3.63, 3.8) is 0 Å². The summed E-state index contributed by atoms with van der Waals surface area (Å²) < 4.78 is 5.38. The maximum Gasteiger partial charge on any atom is 0.242 e. The number of rotatable bonds is 5. The van der Waals surface area contributed by atoms with Gasteiger partial charge in [-0.3, -0.25) is 9.69 Å². The fourth-order valence-electron chi connectivity index (χ4n) is 3.58. The third-order valence-corrected chi connectivity index (χ3v) is 4.84. The summed E-state index contributed by atoms with van der Waals surface area (Å²) in [5.41, 5.74) is 2.98. The summed E-state index contributed by atoms with van der Waals surface area (Å²) in [6, 6.07) is 7.86. The van der Waals surface area contributed by atoms with Crippen molar-refractivity contribution in [2.45, 2.75) is 31.8 Å². The van der Waals surface area contributed by atoms with E-state index in [-0.39, 0.29) is 5.91 Å². The molecule has 0 bridgehead atoms. The van der Waals surface area contributed by atoms with Crippen molar-refractivity contribution in [1.29, 1.82) is 0 Å². The molecule has 1 N–H and O–H groups in total. The summed E-state index contributed by atoms with van der Waals surface area (Å²) >= 11 is 0. The Morgan fingerprint density at radius 2 is 2.04 bits per heavy atom. The van der Waals surface area contributed by atoms with Gasteiger partial charge in [-0.1, -0.05) is 12.1 Å². The van der Waals surface area contributed by atoms with Crippen molar-refractivity contribution in [3.8, 4) is 0 Å². The number of likely N-dealkylation sites (N-methyl/N-ethyl adjacent to an activating group) is 1. The topological polar surface area (TPSA) is 67.3 Å². The first-order valence-electron chi connectivity index (χ1n) is 8.29. The minimum atomic E-state index is -0.622. The van der Waals surface area contributed by atoms with Crippen LogP contribution >= 0.6 is 0 Å². The number of carbonyl (C=O) groups excluding carboxylic acids is 1. The van der Waals surface area contributed by atoms with E-state index in [9.17, 15) is 4.79 Å². The Morgan fingerprint density at radius 1 is 1.33 bits per heavy atom. The molecular formula is C18H24N4O2.